The van der Waals surface area contributed by atoms with Crippen LogP contribution < -0.4 is 4.74 Å². The molecule has 0 heterocycles. The van der Waals surface area contributed by atoms with Crippen molar-refractivity contribution in [1.29, 1.82) is 0 Å². The van der Waals surface area contributed by atoms with Crippen molar-refractivity contribution in [3.63, 3.8) is 0 Å². The van der Waals surface area contributed by atoms with E-state index in [4.69, 9.17) is 9.84 Å². The Bertz CT molecular complexity index is 573. The number of carboxylic acids is 1. The summed E-state index contributed by atoms with van der Waals surface area (Å²) < 4.78 is 5.60. The summed E-state index contributed by atoms with van der Waals surface area (Å²) in [4.78, 5) is 23.3. The molecule has 1 aromatic rings. The maximum absolute atomic E-state index is 12.1. The Morgan fingerprint density at radius 3 is 2.36 bits per heavy atom. The minimum absolute atomic E-state index is 0.0230. The van der Waals surface area contributed by atoms with Crippen molar-refractivity contribution in [2.45, 2.75) is 59.8 Å². The normalized spacial score (nSPS) is 12.8. The summed E-state index contributed by atoms with van der Waals surface area (Å²) >= 11 is 0. The van der Waals surface area contributed by atoms with Gasteiger partial charge in [-0.3, -0.25) is 9.59 Å². The van der Waals surface area contributed by atoms with E-state index in [1.54, 1.807) is 0 Å². The van der Waals surface area contributed by atoms with Gasteiger partial charge < -0.3 is 9.84 Å². The molecular weight excluding hydrogens is 280 g/mol. The van der Waals surface area contributed by atoms with Crippen molar-refractivity contribution >= 4 is 11.9 Å². The number of carbonyl (C=O) groups is 2. The fraction of sp³-hybridized carbons (Fsp3) is 0.556. The van der Waals surface area contributed by atoms with Gasteiger partial charge in [0.05, 0.1) is 12.3 Å². The maximum Gasteiger partial charge on any atom is 0.314 e. The average molecular weight is 306 g/mol. The number of carboxylic acid groups (broad SMARTS) is 1. The SMILES string of the molecule is CCC(C)C(=O)Oc1cc(C)cc(C)c1C(C)(C)CC(=O)O. The Morgan fingerprint density at radius 1 is 1.27 bits per heavy atom. The second kappa shape index (κ2) is 6.95. The molecule has 122 valence electrons. The molecule has 0 aliphatic heterocycles. The molecule has 22 heavy (non-hydrogen) atoms. The van der Waals surface area contributed by atoms with E-state index in [0.29, 0.717) is 12.2 Å². The first-order valence-corrected chi connectivity index (χ1v) is 7.63. The molecule has 0 saturated heterocycles. The van der Waals surface area contributed by atoms with Crippen molar-refractivity contribution in [1.82, 2.24) is 0 Å². The topological polar surface area (TPSA) is 63.6 Å². The lowest BCUT2D eigenvalue weighted by atomic mass is 9.78. The second-order valence-electron chi connectivity index (χ2n) is 6.64. The monoisotopic (exact) mass is 306 g/mol. The third-order valence-electron chi connectivity index (χ3n) is 3.94. The summed E-state index contributed by atoms with van der Waals surface area (Å²) in [6, 6.07) is 3.80. The van der Waals surface area contributed by atoms with Crippen molar-refractivity contribution in [2.75, 3.05) is 0 Å². The standard InChI is InChI=1S/C18H26O4/c1-7-12(3)17(21)22-14-9-11(2)8-13(4)16(14)18(5,6)10-15(19)20/h8-9,12H,7,10H2,1-6H3,(H,19,20). The van der Waals surface area contributed by atoms with E-state index in [0.717, 1.165) is 16.7 Å². The van der Waals surface area contributed by atoms with Gasteiger partial charge in [-0.05, 0) is 37.5 Å². The lowest BCUT2D eigenvalue weighted by Crippen LogP contribution is -2.26. The largest absolute Gasteiger partial charge is 0.481 e. The predicted molar refractivity (Wildman–Crippen MR) is 86.3 cm³/mol. The zero-order valence-electron chi connectivity index (χ0n) is 14.3. The van der Waals surface area contributed by atoms with Gasteiger partial charge in [-0.25, -0.2) is 0 Å². The number of esters is 1. The molecule has 0 fully saturated rings. The van der Waals surface area contributed by atoms with Gasteiger partial charge in [-0.1, -0.05) is 33.8 Å². The number of ether oxygens (including phenoxy) is 1. The Labute approximate surface area is 132 Å². The Kier molecular flexibility index (Phi) is 5.75. The minimum atomic E-state index is -0.871. The quantitative estimate of drug-likeness (QED) is 0.637. The summed E-state index contributed by atoms with van der Waals surface area (Å²) in [6.45, 7) is 11.3. The number of rotatable bonds is 6. The van der Waals surface area contributed by atoms with Gasteiger partial charge >= 0.3 is 11.9 Å². The van der Waals surface area contributed by atoms with E-state index in [9.17, 15) is 9.59 Å². The summed E-state index contributed by atoms with van der Waals surface area (Å²) in [5.74, 6) is -0.852. The Hall–Kier alpha value is -1.84. The lowest BCUT2D eigenvalue weighted by molar-refractivity contribution is -0.138. The second-order valence-corrected chi connectivity index (χ2v) is 6.64. The molecule has 0 aromatic heterocycles. The highest BCUT2D eigenvalue weighted by Crippen LogP contribution is 2.38. The van der Waals surface area contributed by atoms with E-state index < -0.39 is 11.4 Å². The first-order valence-electron chi connectivity index (χ1n) is 7.63. The fourth-order valence-corrected chi connectivity index (χ4v) is 2.72. The Morgan fingerprint density at radius 2 is 1.86 bits per heavy atom. The van der Waals surface area contributed by atoms with Crippen LogP contribution in [0.2, 0.25) is 0 Å². The zero-order chi connectivity index (χ0) is 17.1. The van der Waals surface area contributed by atoms with Crippen LogP contribution >= 0.6 is 0 Å². The van der Waals surface area contributed by atoms with E-state index >= 15 is 0 Å². The van der Waals surface area contributed by atoms with Gasteiger partial charge in [0, 0.05) is 11.0 Å². The molecule has 0 saturated carbocycles. The summed E-state index contributed by atoms with van der Waals surface area (Å²) in [7, 11) is 0. The maximum atomic E-state index is 12.1. The molecule has 0 aliphatic rings. The van der Waals surface area contributed by atoms with Gasteiger partial charge in [0.2, 0.25) is 0 Å². The zero-order valence-corrected chi connectivity index (χ0v) is 14.3. The minimum Gasteiger partial charge on any atom is -0.481 e. The highest BCUT2D eigenvalue weighted by atomic mass is 16.5. The van der Waals surface area contributed by atoms with Crippen LogP contribution in [0.25, 0.3) is 0 Å². The first kappa shape index (κ1) is 18.2. The fourth-order valence-electron chi connectivity index (χ4n) is 2.72. The molecule has 1 unspecified atom stereocenters. The van der Waals surface area contributed by atoms with E-state index in [1.807, 2.05) is 53.7 Å². The van der Waals surface area contributed by atoms with Crippen LogP contribution in [0.1, 0.15) is 57.2 Å². The van der Waals surface area contributed by atoms with E-state index in [2.05, 4.69) is 0 Å². The summed E-state index contributed by atoms with van der Waals surface area (Å²) in [5.41, 5.74) is 2.10. The molecule has 0 radical (unpaired) electrons. The molecule has 0 spiro atoms. The van der Waals surface area contributed by atoms with Crippen molar-refractivity contribution < 1.29 is 19.4 Å². The highest BCUT2D eigenvalue weighted by Gasteiger charge is 2.30. The molecule has 0 aliphatic carbocycles. The van der Waals surface area contributed by atoms with Gasteiger partial charge in [-0.2, -0.15) is 0 Å². The summed E-state index contributed by atoms with van der Waals surface area (Å²) in [5, 5.41) is 9.15. The molecule has 1 aromatic carbocycles. The number of aliphatic carboxylic acids is 1. The smallest absolute Gasteiger partial charge is 0.314 e. The molecule has 1 atom stereocenters. The van der Waals surface area contributed by atoms with Gasteiger partial charge in [0.15, 0.2) is 0 Å². The van der Waals surface area contributed by atoms with Crippen LogP contribution in [-0.2, 0) is 15.0 Å². The first-order chi connectivity index (χ1) is 10.1. The molecule has 4 nitrogen and oxygen atoms in total. The van der Waals surface area contributed by atoms with Crippen LogP contribution in [0.4, 0.5) is 0 Å². The average Bonchev–Trinajstić information content (AvgIpc) is 2.34. The molecule has 1 rings (SSSR count). The molecule has 1 N–H and O–H groups in total. The Balaban J connectivity index is 3.32. The predicted octanol–water partition coefficient (Wildman–Crippen LogP) is 4.01. The van der Waals surface area contributed by atoms with Crippen LogP contribution in [-0.4, -0.2) is 17.0 Å². The lowest BCUT2D eigenvalue weighted by Gasteiger charge is -2.28. The number of aryl methyl sites for hydroxylation is 2. The molecule has 4 heteroatoms. The summed E-state index contributed by atoms with van der Waals surface area (Å²) in [6.07, 6.45) is 0.683. The van der Waals surface area contributed by atoms with Crippen LogP contribution in [0.5, 0.6) is 5.75 Å². The number of carbonyl (C=O) groups excluding carboxylic acids is 1. The molecule has 0 bridgehead atoms. The van der Waals surface area contributed by atoms with Crippen LogP contribution in [0, 0.1) is 19.8 Å². The van der Waals surface area contributed by atoms with Crippen molar-refractivity contribution in [3.05, 3.63) is 28.8 Å². The highest BCUT2D eigenvalue weighted by molar-refractivity contribution is 5.76. The number of hydrogen-bond donors (Lipinski definition) is 1. The number of hydrogen-bond acceptors (Lipinski definition) is 3. The van der Waals surface area contributed by atoms with Gasteiger partial charge in [0.1, 0.15) is 5.75 Å². The van der Waals surface area contributed by atoms with Crippen LogP contribution in [0.3, 0.4) is 0 Å². The van der Waals surface area contributed by atoms with Gasteiger partial charge in [0.25, 0.3) is 0 Å². The van der Waals surface area contributed by atoms with Gasteiger partial charge in [-0.15, -0.1) is 0 Å². The van der Waals surface area contributed by atoms with E-state index in [1.165, 1.54) is 0 Å². The molecular formula is C18H26O4. The van der Waals surface area contributed by atoms with Crippen molar-refractivity contribution in [2.24, 2.45) is 5.92 Å². The van der Waals surface area contributed by atoms with Crippen LogP contribution in [0.15, 0.2) is 12.1 Å². The third kappa shape index (κ3) is 4.33. The van der Waals surface area contributed by atoms with E-state index in [-0.39, 0.29) is 18.3 Å². The van der Waals surface area contributed by atoms with Crippen molar-refractivity contribution in [3.8, 4) is 5.75 Å². The molecule has 0 amide bonds. The number of benzene rings is 1. The third-order valence-corrected chi connectivity index (χ3v) is 3.94.